The lowest BCUT2D eigenvalue weighted by molar-refractivity contribution is 0.0927. The summed E-state index contributed by atoms with van der Waals surface area (Å²) in [6, 6.07) is 8.82. The fourth-order valence-electron chi connectivity index (χ4n) is 2.46. The maximum atomic E-state index is 12.2. The average molecular weight is 309 g/mol. The molecule has 2 aromatic rings. The van der Waals surface area contributed by atoms with E-state index in [2.05, 4.69) is 10.6 Å². The average Bonchev–Trinajstić information content (AvgIpc) is 2.47. The first-order valence-electron chi connectivity index (χ1n) is 6.78. The van der Waals surface area contributed by atoms with Gasteiger partial charge in [0, 0.05) is 18.0 Å². The van der Waals surface area contributed by atoms with Crippen LogP contribution < -0.4 is 16.3 Å². The molecular weight excluding hydrogens is 292 g/mol. The second-order valence-electron chi connectivity index (χ2n) is 5.00. The molecule has 5 nitrogen and oxygen atoms in total. The van der Waals surface area contributed by atoms with Crippen LogP contribution >= 0.6 is 12.4 Å². The number of fused-ring (bicyclic) bond motifs is 1. The summed E-state index contributed by atoms with van der Waals surface area (Å²) in [7, 11) is 0. The molecule has 1 unspecified atom stereocenters. The number of hydrogen-bond acceptors (Lipinski definition) is 4. The minimum absolute atomic E-state index is 0. The Morgan fingerprint density at radius 3 is 2.90 bits per heavy atom. The highest BCUT2D eigenvalue weighted by Crippen LogP contribution is 2.13. The van der Waals surface area contributed by atoms with E-state index in [0.717, 1.165) is 31.3 Å². The van der Waals surface area contributed by atoms with Gasteiger partial charge in [0.15, 0.2) is 0 Å². The molecule has 1 aromatic carbocycles. The summed E-state index contributed by atoms with van der Waals surface area (Å²) in [5, 5.41) is 6.85. The normalized spacial score (nSPS) is 18.0. The fraction of sp³-hybridized carbons (Fsp3) is 0.333. The summed E-state index contributed by atoms with van der Waals surface area (Å²) in [6.07, 6.45) is 1.95. The highest BCUT2D eigenvalue weighted by molar-refractivity contribution is 5.96. The Morgan fingerprint density at radius 2 is 2.14 bits per heavy atom. The van der Waals surface area contributed by atoms with Crippen LogP contribution in [0.15, 0.2) is 39.5 Å². The molecule has 0 bridgehead atoms. The van der Waals surface area contributed by atoms with Gasteiger partial charge in [0.05, 0.1) is 0 Å². The Morgan fingerprint density at radius 1 is 1.33 bits per heavy atom. The summed E-state index contributed by atoms with van der Waals surface area (Å²) >= 11 is 0. The molecule has 6 heteroatoms. The first kappa shape index (κ1) is 15.5. The number of rotatable bonds is 2. The molecule has 1 saturated heterocycles. The van der Waals surface area contributed by atoms with Crippen LogP contribution in [0.25, 0.3) is 11.0 Å². The number of hydrogen-bond donors (Lipinski definition) is 2. The molecule has 1 aliphatic heterocycles. The van der Waals surface area contributed by atoms with Crippen molar-refractivity contribution in [2.75, 3.05) is 13.1 Å². The van der Waals surface area contributed by atoms with Gasteiger partial charge in [-0.15, -0.1) is 12.4 Å². The Labute approximate surface area is 128 Å². The Bertz CT molecular complexity index is 693. The van der Waals surface area contributed by atoms with Crippen LogP contribution in [0.4, 0.5) is 0 Å². The first-order valence-corrected chi connectivity index (χ1v) is 6.78. The van der Waals surface area contributed by atoms with E-state index in [9.17, 15) is 9.59 Å². The number of carbonyl (C=O) groups is 1. The number of amides is 1. The summed E-state index contributed by atoms with van der Waals surface area (Å²) in [5.74, 6) is -0.363. The van der Waals surface area contributed by atoms with Crippen molar-refractivity contribution < 1.29 is 9.21 Å². The topological polar surface area (TPSA) is 71.3 Å². The van der Waals surface area contributed by atoms with Gasteiger partial charge in [-0.3, -0.25) is 4.79 Å². The summed E-state index contributed by atoms with van der Waals surface area (Å²) in [5.41, 5.74) is -0.0346. The van der Waals surface area contributed by atoms with Crippen LogP contribution in [-0.2, 0) is 0 Å². The molecule has 1 atom stereocenters. The number of benzene rings is 1. The van der Waals surface area contributed by atoms with Gasteiger partial charge in [-0.1, -0.05) is 18.2 Å². The summed E-state index contributed by atoms with van der Waals surface area (Å²) in [4.78, 5) is 24.1. The van der Waals surface area contributed by atoms with Crippen molar-refractivity contribution >= 4 is 29.3 Å². The Kier molecular flexibility index (Phi) is 4.98. The van der Waals surface area contributed by atoms with Crippen molar-refractivity contribution in [3.05, 3.63) is 46.3 Å². The molecule has 2 N–H and O–H groups in total. The fourth-order valence-corrected chi connectivity index (χ4v) is 2.46. The first-order chi connectivity index (χ1) is 9.74. The third kappa shape index (κ3) is 3.43. The molecule has 112 valence electrons. The van der Waals surface area contributed by atoms with E-state index < -0.39 is 5.63 Å². The third-order valence-electron chi connectivity index (χ3n) is 3.52. The van der Waals surface area contributed by atoms with E-state index in [4.69, 9.17) is 4.42 Å². The van der Waals surface area contributed by atoms with Crippen molar-refractivity contribution in [2.24, 2.45) is 0 Å². The van der Waals surface area contributed by atoms with E-state index in [1.54, 1.807) is 18.2 Å². The molecule has 0 radical (unpaired) electrons. The van der Waals surface area contributed by atoms with Crippen LogP contribution in [-0.4, -0.2) is 25.0 Å². The van der Waals surface area contributed by atoms with Gasteiger partial charge < -0.3 is 15.1 Å². The van der Waals surface area contributed by atoms with Crippen LogP contribution in [0.1, 0.15) is 23.2 Å². The Balaban J connectivity index is 0.00000161. The largest absolute Gasteiger partial charge is 0.422 e. The van der Waals surface area contributed by atoms with E-state index >= 15 is 0 Å². The molecule has 1 aromatic heterocycles. The van der Waals surface area contributed by atoms with Crippen molar-refractivity contribution in [1.82, 2.24) is 10.6 Å². The second-order valence-corrected chi connectivity index (χ2v) is 5.00. The highest BCUT2D eigenvalue weighted by atomic mass is 35.5. The third-order valence-corrected chi connectivity index (χ3v) is 3.52. The van der Waals surface area contributed by atoms with E-state index in [1.165, 1.54) is 0 Å². The van der Waals surface area contributed by atoms with Gasteiger partial charge in [0.25, 0.3) is 5.91 Å². The number of nitrogens with one attached hydrogen (secondary N) is 2. The zero-order valence-electron chi connectivity index (χ0n) is 11.4. The van der Waals surface area contributed by atoms with E-state index in [1.807, 2.05) is 12.1 Å². The van der Waals surface area contributed by atoms with Crippen LogP contribution in [0.3, 0.4) is 0 Å². The molecule has 3 rings (SSSR count). The number of para-hydroxylation sites is 1. The van der Waals surface area contributed by atoms with Crippen LogP contribution in [0.2, 0.25) is 0 Å². The van der Waals surface area contributed by atoms with E-state index in [-0.39, 0.29) is 29.9 Å². The van der Waals surface area contributed by atoms with Gasteiger partial charge in [0.1, 0.15) is 11.1 Å². The highest BCUT2D eigenvalue weighted by Gasteiger charge is 2.19. The summed E-state index contributed by atoms with van der Waals surface area (Å²) in [6.45, 7) is 1.72. The lowest BCUT2D eigenvalue weighted by Crippen LogP contribution is -2.46. The van der Waals surface area contributed by atoms with Crippen molar-refractivity contribution in [3.63, 3.8) is 0 Å². The molecule has 0 saturated carbocycles. The molecule has 1 aliphatic rings. The Hall–Kier alpha value is -1.85. The monoisotopic (exact) mass is 308 g/mol. The van der Waals surface area contributed by atoms with E-state index in [0.29, 0.717) is 5.58 Å². The van der Waals surface area contributed by atoms with Crippen molar-refractivity contribution in [3.8, 4) is 0 Å². The molecular formula is C15H17ClN2O3. The molecule has 1 fully saturated rings. The van der Waals surface area contributed by atoms with Gasteiger partial charge in [0.2, 0.25) is 0 Å². The minimum atomic E-state index is -0.593. The maximum absolute atomic E-state index is 12.2. The maximum Gasteiger partial charge on any atom is 0.349 e. The zero-order chi connectivity index (χ0) is 13.9. The molecule has 21 heavy (non-hydrogen) atoms. The second kappa shape index (κ2) is 6.74. The lowest BCUT2D eigenvalue weighted by atomic mass is 10.1. The van der Waals surface area contributed by atoms with Crippen molar-refractivity contribution in [1.29, 1.82) is 0 Å². The summed E-state index contributed by atoms with van der Waals surface area (Å²) < 4.78 is 5.17. The SMILES string of the molecule is Cl.O=C(NC1CCCNC1)c1cc2ccccc2oc1=O. The standard InChI is InChI=1S/C15H16N2O3.ClH/c18-14(17-11-5-3-7-16-9-11)12-8-10-4-1-2-6-13(10)20-15(12)19;/h1-2,4,6,8,11,16H,3,5,7,9H2,(H,17,18);1H. The number of piperidine rings is 1. The molecule has 1 amide bonds. The molecule has 2 heterocycles. The molecule has 0 aliphatic carbocycles. The van der Waals surface area contributed by atoms with Crippen LogP contribution in [0.5, 0.6) is 0 Å². The van der Waals surface area contributed by atoms with Gasteiger partial charge >= 0.3 is 5.63 Å². The van der Waals surface area contributed by atoms with Gasteiger partial charge in [-0.25, -0.2) is 4.79 Å². The van der Waals surface area contributed by atoms with Gasteiger partial charge in [-0.05, 0) is 31.5 Å². The molecule has 0 spiro atoms. The van der Waals surface area contributed by atoms with Gasteiger partial charge in [-0.2, -0.15) is 0 Å². The number of halogens is 1. The predicted octanol–water partition coefficient (Wildman–Crippen LogP) is 1.70. The lowest BCUT2D eigenvalue weighted by Gasteiger charge is -2.23. The van der Waals surface area contributed by atoms with Crippen molar-refractivity contribution in [2.45, 2.75) is 18.9 Å². The smallest absolute Gasteiger partial charge is 0.349 e. The zero-order valence-corrected chi connectivity index (χ0v) is 12.2. The minimum Gasteiger partial charge on any atom is -0.422 e. The van der Waals surface area contributed by atoms with Crippen LogP contribution in [0, 0.1) is 0 Å². The predicted molar refractivity (Wildman–Crippen MR) is 83.1 cm³/mol. The number of carbonyl (C=O) groups excluding carboxylic acids is 1. The quantitative estimate of drug-likeness (QED) is 0.828.